The monoisotopic (exact) mass is 371 g/mol. The predicted octanol–water partition coefficient (Wildman–Crippen LogP) is 3.04. The second-order valence-electron chi connectivity index (χ2n) is 2.06. The zero-order valence-electron chi connectivity index (χ0n) is 5.34. The van der Waals surface area contributed by atoms with Gasteiger partial charge in [-0.05, 0) is 57.3 Å². The van der Waals surface area contributed by atoms with Crippen LogP contribution in [0.4, 0.5) is 0 Å². The molecule has 1 heterocycles. The van der Waals surface area contributed by atoms with Gasteiger partial charge >= 0.3 is 0 Å². The summed E-state index contributed by atoms with van der Waals surface area (Å²) in [5.74, 6) is 0. The lowest BCUT2D eigenvalue weighted by Gasteiger charge is -1.92. The van der Waals surface area contributed by atoms with E-state index in [1.807, 2.05) is 12.1 Å². The van der Waals surface area contributed by atoms with E-state index < -0.39 is 0 Å². The number of fused-ring (bicyclic) bond motifs is 1. The molecule has 0 unspecified atom stereocenters. The van der Waals surface area contributed by atoms with Crippen LogP contribution in [0.15, 0.2) is 22.9 Å². The van der Waals surface area contributed by atoms with Crippen LogP contribution >= 0.6 is 45.2 Å². The van der Waals surface area contributed by atoms with Crippen LogP contribution in [0.3, 0.4) is 0 Å². The third kappa shape index (κ3) is 1.26. The first kappa shape index (κ1) is 7.78. The van der Waals surface area contributed by atoms with Gasteiger partial charge in [0.2, 0.25) is 0 Å². The van der Waals surface area contributed by atoms with Crippen molar-refractivity contribution in [3.05, 3.63) is 25.7 Å². The van der Waals surface area contributed by atoms with Crippen molar-refractivity contribution in [2.75, 3.05) is 0 Å². The van der Waals surface area contributed by atoms with Crippen LogP contribution in [0.25, 0.3) is 11.1 Å². The topological polar surface area (TPSA) is 26.0 Å². The number of nitrogens with zero attached hydrogens (tertiary/aromatic N) is 1. The number of oxazole rings is 1. The summed E-state index contributed by atoms with van der Waals surface area (Å²) < 4.78 is 7.44. The average Bonchev–Trinajstić information content (AvgIpc) is 2.45. The van der Waals surface area contributed by atoms with Crippen molar-refractivity contribution in [3.63, 3.8) is 0 Å². The molecule has 0 spiro atoms. The highest BCUT2D eigenvalue weighted by Crippen LogP contribution is 2.23. The van der Waals surface area contributed by atoms with E-state index in [2.05, 4.69) is 50.2 Å². The quantitative estimate of drug-likeness (QED) is 0.666. The van der Waals surface area contributed by atoms with E-state index in [-0.39, 0.29) is 0 Å². The van der Waals surface area contributed by atoms with Crippen molar-refractivity contribution >= 4 is 56.3 Å². The third-order valence-electron chi connectivity index (χ3n) is 1.39. The molecule has 0 bridgehead atoms. The Morgan fingerprint density at radius 3 is 2.64 bits per heavy atom. The second-order valence-corrected chi connectivity index (χ2v) is 4.38. The highest BCUT2D eigenvalue weighted by atomic mass is 127. The molecule has 1 aromatic carbocycles. The molecule has 4 heteroatoms. The Hall–Kier alpha value is 0.150. The molecule has 0 aliphatic carbocycles. The van der Waals surface area contributed by atoms with Gasteiger partial charge in [0.1, 0.15) is 5.52 Å². The van der Waals surface area contributed by atoms with E-state index in [4.69, 9.17) is 4.42 Å². The molecule has 0 N–H and O–H groups in total. The van der Waals surface area contributed by atoms with E-state index in [0.29, 0.717) is 0 Å². The van der Waals surface area contributed by atoms with Gasteiger partial charge in [0.05, 0.1) is 3.57 Å². The zero-order valence-corrected chi connectivity index (χ0v) is 9.66. The van der Waals surface area contributed by atoms with Crippen LogP contribution < -0.4 is 0 Å². The lowest BCUT2D eigenvalue weighted by atomic mass is 10.3. The maximum absolute atomic E-state index is 5.21. The molecule has 2 rings (SSSR count). The zero-order chi connectivity index (χ0) is 7.84. The Morgan fingerprint density at radius 2 is 1.91 bits per heavy atom. The summed E-state index contributed by atoms with van der Waals surface area (Å²) in [6.45, 7) is 0. The van der Waals surface area contributed by atoms with Crippen LogP contribution in [0.2, 0.25) is 0 Å². The standard InChI is InChI=1S/C7H3I2NO/c8-4-1-2-5(9)7-6(4)10-3-11-7/h1-3H. The number of aromatic nitrogens is 1. The molecule has 11 heavy (non-hydrogen) atoms. The van der Waals surface area contributed by atoms with Gasteiger partial charge in [0.25, 0.3) is 0 Å². The maximum atomic E-state index is 5.21. The molecule has 2 aromatic rings. The lowest BCUT2D eigenvalue weighted by molar-refractivity contribution is 0.600. The predicted molar refractivity (Wildman–Crippen MR) is 59.4 cm³/mol. The first-order chi connectivity index (χ1) is 5.29. The third-order valence-corrected chi connectivity index (χ3v) is 3.11. The van der Waals surface area contributed by atoms with Gasteiger partial charge in [-0.3, -0.25) is 0 Å². The van der Waals surface area contributed by atoms with Gasteiger partial charge in [-0.15, -0.1) is 0 Å². The van der Waals surface area contributed by atoms with Gasteiger partial charge in [-0.1, -0.05) is 0 Å². The van der Waals surface area contributed by atoms with Crippen molar-refractivity contribution < 1.29 is 4.42 Å². The lowest BCUT2D eigenvalue weighted by Crippen LogP contribution is -1.77. The SMILES string of the molecule is Ic1ccc(I)c2ocnc12. The number of benzene rings is 1. The maximum Gasteiger partial charge on any atom is 0.182 e. The summed E-state index contributed by atoms with van der Waals surface area (Å²) in [6, 6.07) is 4.06. The second kappa shape index (κ2) is 2.89. The summed E-state index contributed by atoms with van der Waals surface area (Å²) >= 11 is 4.48. The van der Waals surface area contributed by atoms with Gasteiger partial charge in [-0.2, -0.15) is 0 Å². The van der Waals surface area contributed by atoms with Crippen molar-refractivity contribution in [2.24, 2.45) is 0 Å². The van der Waals surface area contributed by atoms with E-state index in [1.165, 1.54) is 6.39 Å². The van der Waals surface area contributed by atoms with E-state index in [1.54, 1.807) is 0 Å². The van der Waals surface area contributed by atoms with Crippen molar-refractivity contribution in [2.45, 2.75) is 0 Å². The Bertz CT molecular complexity index is 360. The van der Waals surface area contributed by atoms with Crippen molar-refractivity contribution in [1.82, 2.24) is 4.98 Å². The van der Waals surface area contributed by atoms with Crippen LogP contribution in [0, 0.1) is 7.14 Å². The Morgan fingerprint density at radius 1 is 1.18 bits per heavy atom. The molecule has 2 nitrogen and oxygen atoms in total. The molecular weight excluding hydrogens is 368 g/mol. The number of hydrogen-bond donors (Lipinski definition) is 0. The molecule has 0 amide bonds. The summed E-state index contributed by atoms with van der Waals surface area (Å²) in [6.07, 6.45) is 1.48. The van der Waals surface area contributed by atoms with Crippen LogP contribution in [0.5, 0.6) is 0 Å². The first-order valence-electron chi connectivity index (χ1n) is 2.96. The molecule has 56 valence electrons. The number of halogens is 2. The normalized spacial score (nSPS) is 10.7. The van der Waals surface area contributed by atoms with Gasteiger partial charge in [0, 0.05) is 3.57 Å². The smallest absolute Gasteiger partial charge is 0.182 e. The first-order valence-corrected chi connectivity index (χ1v) is 5.12. The minimum atomic E-state index is 0.887. The molecule has 0 fully saturated rings. The Kier molecular flexibility index (Phi) is 2.04. The largest absolute Gasteiger partial charge is 0.442 e. The van der Waals surface area contributed by atoms with Crippen molar-refractivity contribution in [3.8, 4) is 0 Å². The van der Waals surface area contributed by atoms with E-state index >= 15 is 0 Å². The number of hydrogen-bond acceptors (Lipinski definition) is 2. The van der Waals surface area contributed by atoms with Crippen LogP contribution in [0.1, 0.15) is 0 Å². The summed E-state index contributed by atoms with van der Waals surface area (Å²) in [4.78, 5) is 4.10. The Labute approximate surface area is 90.7 Å². The molecule has 0 radical (unpaired) electrons. The van der Waals surface area contributed by atoms with Crippen molar-refractivity contribution in [1.29, 1.82) is 0 Å². The molecule has 0 saturated carbocycles. The van der Waals surface area contributed by atoms with Gasteiger partial charge in [-0.25, -0.2) is 4.98 Å². The van der Waals surface area contributed by atoms with Gasteiger partial charge in [0.15, 0.2) is 12.0 Å². The molecule has 0 aliphatic heterocycles. The highest BCUT2D eigenvalue weighted by molar-refractivity contribution is 14.1. The molecule has 0 saturated heterocycles. The van der Waals surface area contributed by atoms with E-state index in [9.17, 15) is 0 Å². The number of rotatable bonds is 0. The minimum Gasteiger partial charge on any atom is -0.442 e. The molecule has 0 atom stereocenters. The minimum absolute atomic E-state index is 0.887. The van der Waals surface area contributed by atoms with Gasteiger partial charge < -0.3 is 4.42 Å². The Balaban J connectivity index is 2.96. The summed E-state index contributed by atoms with van der Waals surface area (Å²) in [5.41, 5.74) is 1.84. The fourth-order valence-electron chi connectivity index (χ4n) is 0.887. The van der Waals surface area contributed by atoms with Crippen LogP contribution in [-0.2, 0) is 0 Å². The summed E-state index contributed by atoms with van der Waals surface area (Å²) in [7, 11) is 0. The average molecular weight is 371 g/mol. The summed E-state index contributed by atoms with van der Waals surface area (Å²) in [5, 5.41) is 0. The molecular formula is C7H3I2NO. The highest BCUT2D eigenvalue weighted by Gasteiger charge is 2.05. The molecule has 1 aromatic heterocycles. The van der Waals surface area contributed by atoms with E-state index in [0.717, 1.165) is 18.2 Å². The fraction of sp³-hybridized carbons (Fsp3) is 0. The molecule has 0 aliphatic rings. The fourth-order valence-corrected chi connectivity index (χ4v) is 2.01. The van der Waals surface area contributed by atoms with Crippen LogP contribution in [-0.4, -0.2) is 4.98 Å².